The fourth-order valence-electron chi connectivity index (χ4n) is 3.36. The smallest absolute Gasteiger partial charge is 0.349 e. The molecule has 2 heterocycles. The minimum atomic E-state index is -0.618. The topological polar surface area (TPSA) is 53.8 Å². The number of rotatable bonds is 3. The minimum absolute atomic E-state index is 0.0521. The Morgan fingerprint density at radius 1 is 1.00 bits per heavy atom. The van der Waals surface area contributed by atoms with Crippen LogP contribution in [0, 0.1) is 5.82 Å². The molecule has 0 radical (unpaired) electrons. The molecule has 0 aliphatic carbocycles. The lowest BCUT2D eigenvalue weighted by atomic mass is 10.1. The average molecular weight is 366 g/mol. The Hall–Kier alpha value is -2.99. The Labute approximate surface area is 155 Å². The first kappa shape index (κ1) is 17.4. The van der Waals surface area contributed by atoms with Gasteiger partial charge in [0.25, 0.3) is 5.91 Å². The summed E-state index contributed by atoms with van der Waals surface area (Å²) in [6.07, 6.45) is 0. The molecule has 2 aromatic carbocycles. The van der Waals surface area contributed by atoms with Gasteiger partial charge in [0.1, 0.15) is 17.0 Å². The van der Waals surface area contributed by atoms with E-state index in [0.717, 1.165) is 5.39 Å². The molecule has 0 unspecified atom stereocenters. The molecule has 1 saturated heterocycles. The van der Waals surface area contributed by atoms with E-state index in [0.29, 0.717) is 43.9 Å². The van der Waals surface area contributed by atoms with E-state index in [-0.39, 0.29) is 17.3 Å². The second-order valence-electron chi connectivity index (χ2n) is 6.65. The van der Waals surface area contributed by atoms with Gasteiger partial charge in [-0.15, -0.1) is 0 Å². The highest BCUT2D eigenvalue weighted by atomic mass is 19.1. The molecule has 138 valence electrons. The number of carbonyl (C=O) groups is 1. The summed E-state index contributed by atoms with van der Waals surface area (Å²) < 4.78 is 19.1. The molecule has 0 spiro atoms. The van der Waals surface area contributed by atoms with Gasteiger partial charge in [0.2, 0.25) is 0 Å². The van der Waals surface area contributed by atoms with E-state index in [4.69, 9.17) is 4.42 Å². The lowest BCUT2D eigenvalue weighted by Gasteiger charge is -2.34. The van der Waals surface area contributed by atoms with Crippen molar-refractivity contribution in [1.29, 1.82) is 0 Å². The van der Waals surface area contributed by atoms with Crippen molar-refractivity contribution in [3.05, 3.63) is 82.0 Å². The summed E-state index contributed by atoms with van der Waals surface area (Å²) in [4.78, 5) is 28.7. The quantitative estimate of drug-likeness (QED) is 0.669. The normalized spacial score (nSPS) is 15.2. The first-order valence-corrected chi connectivity index (χ1v) is 8.90. The largest absolute Gasteiger partial charge is 0.422 e. The van der Waals surface area contributed by atoms with Gasteiger partial charge in [-0.25, -0.2) is 9.18 Å². The number of hydrogen-bond acceptors (Lipinski definition) is 4. The molecule has 0 saturated carbocycles. The molecule has 6 heteroatoms. The maximum Gasteiger partial charge on any atom is 0.349 e. The number of carbonyl (C=O) groups excluding carboxylic acids is 1. The van der Waals surface area contributed by atoms with Crippen LogP contribution in [0.4, 0.5) is 4.39 Å². The van der Waals surface area contributed by atoms with E-state index >= 15 is 0 Å². The Balaban J connectivity index is 1.45. The molecule has 1 aliphatic heterocycles. The maximum absolute atomic E-state index is 13.8. The number of hydrogen-bond donors (Lipinski definition) is 0. The molecule has 27 heavy (non-hydrogen) atoms. The summed E-state index contributed by atoms with van der Waals surface area (Å²) in [5.74, 6) is -0.537. The van der Waals surface area contributed by atoms with E-state index in [1.807, 2.05) is 12.1 Å². The maximum atomic E-state index is 13.8. The molecule has 1 amide bonds. The highest BCUT2D eigenvalue weighted by Crippen LogP contribution is 2.16. The van der Waals surface area contributed by atoms with Gasteiger partial charge in [0.05, 0.1) is 0 Å². The van der Waals surface area contributed by atoms with Crippen LogP contribution in [-0.4, -0.2) is 41.9 Å². The highest BCUT2D eigenvalue weighted by Gasteiger charge is 2.25. The Kier molecular flexibility index (Phi) is 4.73. The zero-order valence-electron chi connectivity index (χ0n) is 14.7. The predicted molar refractivity (Wildman–Crippen MR) is 100 cm³/mol. The molecule has 0 atom stereocenters. The van der Waals surface area contributed by atoms with Gasteiger partial charge >= 0.3 is 5.63 Å². The zero-order chi connectivity index (χ0) is 18.8. The monoisotopic (exact) mass is 366 g/mol. The number of halogens is 1. The lowest BCUT2D eigenvalue weighted by Crippen LogP contribution is -2.49. The van der Waals surface area contributed by atoms with Crippen LogP contribution in [0.2, 0.25) is 0 Å². The summed E-state index contributed by atoms with van der Waals surface area (Å²) in [5.41, 5.74) is 0.546. The van der Waals surface area contributed by atoms with Crippen molar-refractivity contribution in [2.24, 2.45) is 0 Å². The molecule has 1 aliphatic rings. The SMILES string of the molecule is O=C(c1cc2ccccc2oc1=O)N1CCN(Cc2ccccc2F)CC1. The molecule has 5 nitrogen and oxygen atoms in total. The third kappa shape index (κ3) is 3.61. The van der Waals surface area contributed by atoms with Crippen LogP contribution in [-0.2, 0) is 6.54 Å². The molecule has 0 N–H and O–H groups in total. The van der Waals surface area contributed by atoms with Gasteiger partial charge in [-0.2, -0.15) is 0 Å². The lowest BCUT2D eigenvalue weighted by molar-refractivity contribution is 0.0623. The number of piperazine rings is 1. The predicted octanol–water partition coefficient (Wildman–Crippen LogP) is 2.89. The second kappa shape index (κ2) is 7.32. The van der Waals surface area contributed by atoms with Gasteiger partial charge in [-0.05, 0) is 18.2 Å². The first-order valence-electron chi connectivity index (χ1n) is 8.90. The van der Waals surface area contributed by atoms with Crippen molar-refractivity contribution >= 4 is 16.9 Å². The van der Waals surface area contributed by atoms with Crippen LogP contribution in [0.3, 0.4) is 0 Å². The zero-order valence-corrected chi connectivity index (χ0v) is 14.7. The fraction of sp³-hybridized carbons (Fsp3) is 0.238. The summed E-state index contributed by atoms with van der Waals surface area (Å²) in [7, 11) is 0. The van der Waals surface area contributed by atoms with E-state index in [1.54, 1.807) is 41.3 Å². The van der Waals surface area contributed by atoms with Gasteiger partial charge in [0.15, 0.2) is 0 Å². The number of benzene rings is 2. The standard InChI is InChI=1S/C21H19FN2O3/c22-18-7-3-1-6-16(18)14-23-9-11-24(12-10-23)20(25)17-13-15-5-2-4-8-19(15)27-21(17)26/h1-8,13H,9-12,14H2. The van der Waals surface area contributed by atoms with Crippen molar-refractivity contribution in [2.45, 2.75) is 6.54 Å². The van der Waals surface area contributed by atoms with Gasteiger partial charge in [-0.1, -0.05) is 36.4 Å². The first-order chi connectivity index (χ1) is 13.1. The van der Waals surface area contributed by atoms with Crippen molar-refractivity contribution < 1.29 is 13.6 Å². The number of fused-ring (bicyclic) bond motifs is 1. The minimum Gasteiger partial charge on any atom is -0.422 e. The van der Waals surface area contributed by atoms with Crippen molar-refractivity contribution in [3.8, 4) is 0 Å². The molecule has 4 rings (SSSR count). The molecule has 1 fully saturated rings. The van der Waals surface area contributed by atoms with Crippen LogP contribution in [0.15, 0.2) is 63.8 Å². The van der Waals surface area contributed by atoms with Gasteiger partial charge < -0.3 is 9.32 Å². The molecular weight excluding hydrogens is 347 g/mol. The summed E-state index contributed by atoms with van der Waals surface area (Å²) >= 11 is 0. The summed E-state index contributed by atoms with van der Waals surface area (Å²) in [6, 6.07) is 15.4. The van der Waals surface area contributed by atoms with Gasteiger partial charge in [0, 0.05) is 43.7 Å². The van der Waals surface area contributed by atoms with Gasteiger partial charge in [-0.3, -0.25) is 9.69 Å². The second-order valence-corrected chi connectivity index (χ2v) is 6.65. The number of para-hydroxylation sites is 1. The number of nitrogens with zero attached hydrogens (tertiary/aromatic N) is 2. The van der Waals surface area contributed by atoms with E-state index < -0.39 is 5.63 Å². The van der Waals surface area contributed by atoms with E-state index in [1.165, 1.54) is 6.07 Å². The highest BCUT2D eigenvalue weighted by molar-refractivity contribution is 5.96. The Morgan fingerprint density at radius 3 is 2.48 bits per heavy atom. The van der Waals surface area contributed by atoms with Crippen molar-refractivity contribution in [3.63, 3.8) is 0 Å². The van der Waals surface area contributed by atoms with Crippen LogP contribution in [0.5, 0.6) is 0 Å². The van der Waals surface area contributed by atoms with Crippen molar-refractivity contribution in [1.82, 2.24) is 9.80 Å². The number of amides is 1. The Bertz CT molecular complexity index is 1040. The van der Waals surface area contributed by atoms with E-state index in [9.17, 15) is 14.0 Å². The molecule has 3 aromatic rings. The average Bonchev–Trinajstić information content (AvgIpc) is 2.69. The molecule has 1 aromatic heterocycles. The van der Waals surface area contributed by atoms with Crippen LogP contribution in [0.1, 0.15) is 15.9 Å². The fourth-order valence-corrected chi connectivity index (χ4v) is 3.36. The third-order valence-corrected chi connectivity index (χ3v) is 4.88. The Morgan fingerprint density at radius 2 is 1.70 bits per heavy atom. The summed E-state index contributed by atoms with van der Waals surface area (Å²) in [6.45, 7) is 2.73. The van der Waals surface area contributed by atoms with Crippen LogP contribution >= 0.6 is 0 Å². The molecular formula is C21H19FN2O3. The van der Waals surface area contributed by atoms with Crippen LogP contribution in [0.25, 0.3) is 11.0 Å². The molecule has 0 bridgehead atoms. The third-order valence-electron chi connectivity index (χ3n) is 4.88. The van der Waals surface area contributed by atoms with E-state index in [2.05, 4.69) is 4.90 Å². The van der Waals surface area contributed by atoms with Crippen molar-refractivity contribution in [2.75, 3.05) is 26.2 Å². The summed E-state index contributed by atoms with van der Waals surface area (Å²) in [5, 5.41) is 0.721. The van der Waals surface area contributed by atoms with Crippen LogP contribution < -0.4 is 5.63 Å².